The molecule has 1 N–H and O–H groups in total. The van der Waals surface area contributed by atoms with Crippen molar-refractivity contribution in [2.45, 2.75) is 52.1 Å². The summed E-state index contributed by atoms with van der Waals surface area (Å²) >= 11 is 0. The second-order valence-corrected chi connectivity index (χ2v) is 5.89. The van der Waals surface area contributed by atoms with Gasteiger partial charge in [-0.3, -0.25) is 0 Å². The zero-order valence-electron chi connectivity index (χ0n) is 12.9. The van der Waals surface area contributed by atoms with Gasteiger partial charge in [0.1, 0.15) is 0 Å². The quantitative estimate of drug-likeness (QED) is 0.726. The van der Waals surface area contributed by atoms with E-state index in [1.54, 1.807) is 0 Å². The fourth-order valence-corrected chi connectivity index (χ4v) is 3.03. The van der Waals surface area contributed by atoms with E-state index >= 15 is 0 Å². The number of rotatable bonds is 8. The van der Waals surface area contributed by atoms with Crippen molar-refractivity contribution in [3.63, 3.8) is 0 Å². The predicted molar refractivity (Wildman–Crippen MR) is 84.9 cm³/mol. The minimum Gasteiger partial charge on any atom is -0.376 e. The Kier molecular flexibility index (Phi) is 7.10. The Morgan fingerprint density at radius 1 is 1.10 bits per heavy atom. The molecule has 0 saturated heterocycles. The molecule has 1 aromatic carbocycles. The summed E-state index contributed by atoms with van der Waals surface area (Å²) in [7, 11) is 0. The topological polar surface area (TPSA) is 21.3 Å². The van der Waals surface area contributed by atoms with E-state index in [0.717, 1.165) is 38.6 Å². The van der Waals surface area contributed by atoms with Gasteiger partial charge in [-0.2, -0.15) is 0 Å². The highest BCUT2D eigenvalue weighted by atomic mass is 16.5. The van der Waals surface area contributed by atoms with Gasteiger partial charge in [-0.15, -0.1) is 0 Å². The van der Waals surface area contributed by atoms with E-state index in [-0.39, 0.29) is 0 Å². The number of benzene rings is 1. The van der Waals surface area contributed by atoms with Gasteiger partial charge in [0.25, 0.3) is 0 Å². The lowest BCUT2D eigenvalue weighted by atomic mass is 9.90. The fraction of sp³-hybridized carbons (Fsp3) is 0.667. The van der Waals surface area contributed by atoms with Crippen molar-refractivity contribution in [2.24, 2.45) is 5.92 Å². The van der Waals surface area contributed by atoms with Gasteiger partial charge in [0.15, 0.2) is 0 Å². The van der Waals surface area contributed by atoms with Crippen LogP contribution in [-0.2, 0) is 17.8 Å². The molecule has 2 nitrogen and oxygen atoms in total. The summed E-state index contributed by atoms with van der Waals surface area (Å²) in [4.78, 5) is 0. The maximum Gasteiger partial charge on any atom is 0.0719 e. The van der Waals surface area contributed by atoms with E-state index < -0.39 is 0 Å². The largest absolute Gasteiger partial charge is 0.376 e. The predicted octanol–water partition coefficient (Wildman–Crippen LogP) is 3.94. The molecule has 2 rings (SSSR count). The van der Waals surface area contributed by atoms with Crippen molar-refractivity contribution >= 4 is 0 Å². The first kappa shape index (κ1) is 15.5. The van der Waals surface area contributed by atoms with Crippen molar-refractivity contribution in [3.8, 4) is 0 Å². The summed E-state index contributed by atoms with van der Waals surface area (Å²) in [5.74, 6) is 0.803. The Bertz CT molecular complexity index is 371. The first-order chi connectivity index (χ1) is 9.90. The number of hydrogen-bond donors (Lipinski definition) is 1. The number of ether oxygens (including phenoxy) is 1. The van der Waals surface area contributed by atoms with Crippen LogP contribution in [0.4, 0.5) is 0 Å². The van der Waals surface area contributed by atoms with Crippen molar-refractivity contribution in [1.29, 1.82) is 0 Å². The average Bonchev–Trinajstić information content (AvgIpc) is 2.50. The van der Waals surface area contributed by atoms with Gasteiger partial charge in [0, 0.05) is 6.61 Å². The van der Waals surface area contributed by atoms with Crippen LogP contribution in [-0.4, -0.2) is 19.7 Å². The van der Waals surface area contributed by atoms with Crippen molar-refractivity contribution in [1.82, 2.24) is 5.32 Å². The maximum atomic E-state index is 5.99. The van der Waals surface area contributed by atoms with Crippen molar-refractivity contribution in [3.05, 3.63) is 35.4 Å². The minimum absolute atomic E-state index is 0.777. The lowest BCUT2D eigenvalue weighted by Crippen LogP contribution is -2.17. The van der Waals surface area contributed by atoms with Gasteiger partial charge in [-0.25, -0.2) is 0 Å². The van der Waals surface area contributed by atoms with Crippen LogP contribution in [0.25, 0.3) is 0 Å². The lowest BCUT2D eigenvalue weighted by Gasteiger charge is -2.21. The summed E-state index contributed by atoms with van der Waals surface area (Å²) < 4.78 is 5.99. The standard InChI is InChI=1S/C18H29NO/c1-2-19-13-12-17-10-6-7-11-18(17)15-20-14-16-8-4-3-5-9-16/h6-7,10-11,16,19H,2-5,8-9,12-15H2,1H3. The highest BCUT2D eigenvalue weighted by Gasteiger charge is 2.13. The number of hydrogen-bond acceptors (Lipinski definition) is 2. The third kappa shape index (κ3) is 5.26. The highest BCUT2D eigenvalue weighted by Crippen LogP contribution is 2.24. The van der Waals surface area contributed by atoms with Crippen LogP contribution in [0.5, 0.6) is 0 Å². The van der Waals surface area contributed by atoms with Crippen molar-refractivity contribution in [2.75, 3.05) is 19.7 Å². The molecule has 0 amide bonds. The second kappa shape index (κ2) is 9.15. The van der Waals surface area contributed by atoms with Crippen LogP contribution >= 0.6 is 0 Å². The molecule has 0 heterocycles. The Morgan fingerprint density at radius 3 is 2.60 bits per heavy atom. The average molecular weight is 275 g/mol. The first-order valence-corrected chi connectivity index (χ1v) is 8.25. The van der Waals surface area contributed by atoms with Crippen LogP contribution in [0, 0.1) is 5.92 Å². The van der Waals surface area contributed by atoms with E-state index in [9.17, 15) is 0 Å². The third-order valence-electron chi connectivity index (χ3n) is 4.28. The van der Waals surface area contributed by atoms with Gasteiger partial charge in [-0.1, -0.05) is 50.5 Å². The summed E-state index contributed by atoms with van der Waals surface area (Å²) in [5.41, 5.74) is 2.79. The van der Waals surface area contributed by atoms with Gasteiger partial charge >= 0.3 is 0 Å². The molecule has 112 valence electrons. The normalized spacial score (nSPS) is 16.4. The molecule has 0 bridgehead atoms. The molecule has 0 unspecified atom stereocenters. The third-order valence-corrected chi connectivity index (χ3v) is 4.28. The molecule has 0 aliphatic heterocycles. The molecule has 1 fully saturated rings. The molecule has 1 aromatic rings. The summed E-state index contributed by atoms with van der Waals surface area (Å²) in [6.07, 6.45) is 8.03. The summed E-state index contributed by atoms with van der Waals surface area (Å²) in [6, 6.07) is 8.70. The lowest BCUT2D eigenvalue weighted by molar-refractivity contribution is 0.0735. The first-order valence-electron chi connectivity index (χ1n) is 8.25. The second-order valence-electron chi connectivity index (χ2n) is 5.89. The molecular weight excluding hydrogens is 246 g/mol. The minimum atomic E-state index is 0.777. The molecule has 0 aromatic heterocycles. The smallest absolute Gasteiger partial charge is 0.0719 e. The highest BCUT2D eigenvalue weighted by molar-refractivity contribution is 5.26. The molecule has 1 saturated carbocycles. The van der Waals surface area contributed by atoms with Crippen LogP contribution in [0.3, 0.4) is 0 Å². The Labute approximate surface area is 123 Å². The summed E-state index contributed by atoms with van der Waals surface area (Å²) in [5, 5.41) is 3.39. The molecule has 2 heteroatoms. The number of nitrogens with one attached hydrogen (secondary N) is 1. The molecule has 0 radical (unpaired) electrons. The van der Waals surface area contributed by atoms with Crippen LogP contribution in [0.2, 0.25) is 0 Å². The molecule has 0 spiro atoms. The summed E-state index contributed by atoms with van der Waals surface area (Å²) in [6.45, 7) is 5.97. The van der Waals surface area contributed by atoms with E-state index in [1.165, 1.54) is 43.2 Å². The van der Waals surface area contributed by atoms with Crippen molar-refractivity contribution < 1.29 is 4.74 Å². The molecule has 20 heavy (non-hydrogen) atoms. The van der Waals surface area contributed by atoms with Crippen LogP contribution in [0.1, 0.15) is 50.2 Å². The van der Waals surface area contributed by atoms with E-state index in [2.05, 4.69) is 36.5 Å². The van der Waals surface area contributed by atoms with Gasteiger partial charge in [-0.05, 0) is 49.4 Å². The molecular formula is C18H29NO. The number of likely N-dealkylation sites (N-methyl/N-ethyl adjacent to an activating group) is 1. The van der Waals surface area contributed by atoms with Gasteiger partial charge < -0.3 is 10.1 Å². The van der Waals surface area contributed by atoms with E-state index in [4.69, 9.17) is 4.74 Å². The maximum absolute atomic E-state index is 5.99. The molecule has 1 aliphatic carbocycles. The Morgan fingerprint density at radius 2 is 1.85 bits per heavy atom. The fourth-order valence-electron chi connectivity index (χ4n) is 3.03. The van der Waals surface area contributed by atoms with Gasteiger partial charge in [0.05, 0.1) is 6.61 Å². The Balaban J connectivity index is 1.76. The monoisotopic (exact) mass is 275 g/mol. The van der Waals surface area contributed by atoms with Crippen LogP contribution in [0.15, 0.2) is 24.3 Å². The van der Waals surface area contributed by atoms with Gasteiger partial charge in [0.2, 0.25) is 0 Å². The zero-order valence-corrected chi connectivity index (χ0v) is 12.9. The molecule has 0 atom stereocenters. The van der Waals surface area contributed by atoms with Crippen LogP contribution < -0.4 is 5.32 Å². The van der Waals surface area contributed by atoms with E-state index in [0.29, 0.717) is 0 Å². The van der Waals surface area contributed by atoms with E-state index in [1.807, 2.05) is 0 Å². The SMILES string of the molecule is CCNCCc1ccccc1COCC1CCCCC1. The Hall–Kier alpha value is -0.860. The molecule has 1 aliphatic rings. The zero-order chi connectivity index (χ0) is 14.0.